The van der Waals surface area contributed by atoms with Crippen LogP contribution in [-0.4, -0.2) is 0 Å². The molecule has 0 spiro atoms. The molecule has 0 fully saturated rings. The maximum absolute atomic E-state index is 2.47. The molecule has 0 heterocycles. The molecule has 0 N–H and O–H groups in total. The van der Waals surface area contributed by atoms with Crippen molar-refractivity contribution < 1.29 is 0 Å². The van der Waals surface area contributed by atoms with Crippen molar-refractivity contribution in [2.75, 3.05) is 0 Å². The summed E-state index contributed by atoms with van der Waals surface area (Å²) in [5.74, 6) is 1.95. The Morgan fingerprint density at radius 3 is 1.37 bits per heavy atom. The maximum Gasteiger partial charge on any atom is -0.0389 e. The van der Waals surface area contributed by atoms with Crippen LogP contribution in [0.15, 0.2) is 0 Å². The zero-order chi connectivity index (χ0) is 14.3. The van der Waals surface area contributed by atoms with Crippen molar-refractivity contribution in [2.45, 2.75) is 111 Å². The molecule has 116 valence electrons. The lowest BCUT2D eigenvalue weighted by Crippen LogP contribution is -2.11. The molecule has 0 amide bonds. The Balaban J connectivity index is 3.70. The molecule has 0 rings (SSSR count). The summed E-state index contributed by atoms with van der Waals surface area (Å²) >= 11 is 0. The largest absolute Gasteiger partial charge is 0.0654 e. The third kappa shape index (κ3) is 11.5. The van der Waals surface area contributed by atoms with Gasteiger partial charge in [-0.3, -0.25) is 0 Å². The summed E-state index contributed by atoms with van der Waals surface area (Å²) in [6.07, 6.45) is 18.8. The van der Waals surface area contributed by atoms with Gasteiger partial charge in [-0.25, -0.2) is 0 Å². The number of unbranched alkanes of at least 4 members (excludes halogenated alkanes) is 8. The first-order chi connectivity index (χ1) is 9.26. The first-order valence-electron chi connectivity index (χ1n) is 9.26. The minimum Gasteiger partial charge on any atom is -0.0654 e. The topological polar surface area (TPSA) is 0 Å². The SMILES string of the molecule is CCCCCCCC(CCCCCCC)C(C)CC. The monoisotopic (exact) mass is 268 g/mol. The Kier molecular flexibility index (Phi) is 14.4. The number of hydrogen-bond donors (Lipinski definition) is 0. The van der Waals surface area contributed by atoms with E-state index in [0.29, 0.717) is 0 Å². The van der Waals surface area contributed by atoms with Gasteiger partial charge < -0.3 is 0 Å². The molecule has 1 unspecified atom stereocenters. The summed E-state index contributed by atoms with van der Waals surface area (Å²) in [4.78, 5) is 0. The van der Waals surface area contributed by atoms with Crippen molar-refractivity contribution >= 4 is 0 Å². The van der Waals surface area contributed by atoms with E-state index in [9.17, 15) is 0 Å². The lowest BCUT2D eigenvalue weighted by Gasteiger charge is -2.23. The van der Waals surface area contributed by atoms with Crippen molar-refractivity contribution in [3.05, 3.63) is 0 Å². The van der Waals surface area contributed by atoms with Gasteiger partial charge in [-0.05, 0) is 11.8 Å². The predicted molar refractivity (Wildman–Crippen MR) is 89.7 cm³/mol. The summed E-state index contributed by atoms with van der Waals surface area (Å²) in [5, 5.41) is 0. The van der Waals surface area contributed by atoms with E-state index >= 15 is 0 Å². The van der Waals surface area contributed by atoms with Gasteiger partial charge in [-0.1, -0.05) is 111 Å². The van der Waals surface area contributed by atoms with Crippen LogP contribution in [0.4, 0.5) is 0 Å². The van der Waals surface area contributed by atoms with Crippen LogP contribution in [0.3, 0.4) is 0 Å². The Morgan fingerprint density at radius 1 is 0.579 bits per heavy atom. The molecular formula is C19H40. The highest BCUT2D eigenvalue weighted by Crippen LogP contribution is 2.27. The van der Waals surface area contributed by atoms with Crippen LogP contribution in [0.2, 0.25) is 0 Å². The van der Waals surface area contributed by atoms with E-state index in [0.717, 1.165) is 11.8 Å². The molecule has 0 saturated carbocycles. The summed E-state index contributed by atoms with van der Waals surface area (Å²) in [5.41, 5.74) is 0. The first-order valence-corrected chi connectivity index (χ1v) is 9.26. The van der Waals surface area contributed by atoms with E-state index in [-0.39, 0.29) is 0 Å². The van der Waals surface area contributed by atoms with Gasteiger partial charge in [-0.2, -0.15) is 0 Å². The van der Waals surface area contributed by atoms with Gasteiger partial charge in [0.25, 0.3) is 0 Å². The Labute approximate surface area is 123 Å². The summed E-state index contributed by atoms with van der Waals surface area (Å²) in [7, 11) is 0. The van der Waals surface area contributed by atoms with Crippen molar-refractivity contribution in [3.8, 4) is 0 Å². The fourth-order valence-corrected chi connectivity index (χ4v) is 3.07. The molecule has 0 aromatic rings. The van der Waals surface area contributed by atoms with E-state index in [4.69, 9.17) is 0 Å². The molecule has 0 aromatic carbocycles. The van der Waals surface area contributed by atoms with E-state index in [2.05, 4.69) is 27.7 Å². The summed E-state index contributed by atoms with van der Waals surface area (Å²) in [6.45, 7) is 9.45. The average molecular weight is 269 g/mol. The molecule has 19 heavy (non-hydrogen) atoms. The highest BCUT2D eigenvalue weighted by molar-refractivity contribution is 4.66. The number of rotatable bonds is 14. The average Bonchev–Trinajstić information content (AvgIpc) is 2.43. The van der Waals surface area contributed by atoms with Gasteiger partial charge in [0, 0.05) is 0 Å². The van der Waals surface area contributed by atoms with Gasteiger partial charge in [0.05, 0.1) is 0 Å². The second-order valence-corrected chi connectivity index (χ2v) is 6.55. The molecular weight excluding hydrogens is 228 g/mol. The first kappa shape index (κ1) is 19.0. The standard InChI is InChI=1S/C19H40/c1-5-8-10-12-14-16-19(18(4)7-3)17-15-13-11-9-6-2/h18-19H,5-17H2,1-4H3. The van der Waals surface area contributed by atoms with Crippen LogP contribution in [0.25, 0.3) is 0 Å². The maximum atomic E-state index is 2.47. The second kappa shape index (κ2) is 14.4. The third-order valence-electron chi connectivity index (χ3n) is 4.81. The van der Waals surface area contributed by atoms with E-state index in [1.165, 1.54) is 83.5 Å². The van der Waals surface area contributed by atoms with Gasteiger partial charge in [0.2, 0.25) is 0 Å². The van der Waals surface area contributed by atoms with Crippen LogP contribution in [0.5, 0.6) is 0 Å². The Hall–Kier alpha value is 0. The van der Waals surface area contributed by atoms with Crippen LogP contribution < -0.4 is 0 Å². The van der Waals surface area contributed by atoms with Crippen LogP contribution in [-0.2, 0) is 0 Å². The smallest absolute Gasteiger partial charge is 0.0389 e. The van der Waals surface area contributed by atoms with Gasteiger partial charge in [0.1, 0.15) is 0 Å². The molecule has 0 heteroatoms. The number of hydrogen-bond acceptors (Lipinski definition) is 0. The van der Waals surface area contributed by atoms with E-state index in [1.54, 1.807) is 0 Å². The molecule has 0 radical (unpaired) electrons. The predicted octanol–water partition coefficient (Wildman–Crippen LogP) is 7.37. The lowest BCUT2D eigenvalue weighted by molar-refractivity contribution is 0.288. The molecule has 1 atom stereocenters. The van der Waals surface area contributed by atoms with Crippen molar-refractivity contribution in [1.29, 1.82) is 0 Å². The van der Waals surface area contributed by atoms with E-state index < -0.39 is 0 Å². The highest BCUT2D eigenvalue weighted by Gasteiger charge is 2.14. The normalized spacial score (nSPS) is 13.1. The highest BCUT2D eigenvalue weighted by atomic mass is 14.2. The van der Waals surface area contributed by atoms with Gasteiger partial charge >= 0.3 is 0 Å². The van der Waals surface area contributed by atoms with Gasteiger partial charge in [0.15, 0.2) is 0 Å². The van der Waals surface area contributed by atoms with Crippen molar-refractivity contribution in [2.24, 2.45) is 11.8 Å². The fraction of sp³-hybridized carbons (Fsp3) is 1.00. The van der Waals surface area contributed by atoms with Crippen molar-refractivity contribution in [3.63, 3.8) is 0 Å². The van der Waals surface area contributed by atoms with Gasteiger partial charge in [-0.15, -0.1) is 0 Å². The van der Waals surface area contributed by atoms with E-state index in [1.807, 2.05) is 0 Å². The van der Waals surface area contributed by atoms with Crippen LogP contribution in [0, 0.1) is 11.8 Å². The zero-order valence-electron chi connectivity index (χ0n) is 14.3. The summed E-state index contributed by atoms with van der Waals surface area (Å²) < 4.78 is 0. The molecule has 0 aliphatic heterocycles. The molecule has 0 aliphatic carbocycles. The van der Waals surface area contributed by atoms with Crippen LogP contribution >= 0.6 is 0 Å². The molecule has 0 aromatic heterocycles. The minimum absolute atomic E-state index is 0.942. The Bertz CT molecular complexity index is 147. The minimum atomic E-state index is 0.942. The van der Waals surface area contributed by atoms with Crippen LogP contribution in [0.1, 0.15) is 111 Å². The quantitative estimate of drug-likeness (QED) is 0.288. The fourth-order valence-electron chi connectivity index (χ4n) is 3.07. The molecule has 0 nitrogen and oxygen atoms in total. The lowest BCUT2D eigenvalue weighted by atomic mass is 9.83. The third-order valence-corrected chi connectivity index (χ3v) is 4.81. The molecule has 0 aliphatic rings. The second-order valence-electron chi connectivity index (χ2n) is 6.55. The molecule has 0 saturated heterocycles. The zero-order valence-corrected chi connectivity index (χ0v) is 14.3. The Morgan fingerprint density at radius 2 is 1.00 bits per heavy atom. The summed E-state index contributed by atoms with van der Waals surface area (Å²) in [6, 6.07) is 0. The van der Waals surface area contributed by atoms with Crippen molar-refractivity contribution in [1.82, 2.24) is 0 Å². The molecule has 0 bridgehead atoms.